The molecule has 26 heavy (non-hydrogen) atoms. The maximum Gasteiger partial charge on any atom is 0.278 e. The first-order valence-electron chi connectivity index (χ1n) is 7.77. The summed E-state index contributed by atoms with van der Waals surface area (Å²) in [4.78, 5) is 23.2. The highest BCUT2D eigenvalue weighted by Crippen LogP contribution is 2.36. The number of nitro benzene ring substituents is 1. The third kappa shape index (κ3) is 3.25. The Morgan fingerprint density at radius 2 is 1.77 bits per heavy atom. The van der Waals surface area contributed by atoms with Crippen LogP contribution < -0.4 is 4.74 Å². The van der Waals surface area contributed by atoms with Crippen LogP contribution >= 0.6 is 0 Å². The molecule has 0 unspecified atom stereocenters. The number of methoxy groups -OCH3 is 1. The molecular weight excluding hydrogens is 334 g/mol. The van der Waals surface area contributed by atoms with Gasteiger partial charge >= 0.3 is 0 Å². The molecule has 3 aromatic carbocycles. The van der Waals surface area contributed by atoms with Gasteiger partial charge in [0.05, 0.1) is 23.0 Å². The van der Waals surface area contributed by atoms with Crippen molar-refractivity contribution in [3.05, 3.63) is 81.9 Å². The van der Waals surface area contributed by atoms with E-state index in [0.717, 1.165) is 11.6 Å². The van der Waals surface area contributed by atoms with E-state index in [1.54, 1.807) is 55.7 Å². The zero-order valence-electron chi connectivity index (χ0n) is 13.9. The van der Waals surface area contributed by atoms with Crippen LogP contribution in [0.2, 0.25) is 0 Å². The van der Waals surface area contributed by atoms with Gasteiger partial charge in [-0.25, -0.2) is 0 Å². The molecule has 0 aliphatic heterocycles. The van der Waals surface area contributed by atoms with Crippen molar-refractivity contribution in [2.24, 2.45) is 0 Å². The third-order valence-electron chi connectivity index (χ3n) is 4.00. The largest absolute Gasteiger partial charge is 0.507 e. The highest BCUT2D eigenvalue weighted by molar-refractivity contribution is 6.13. The summed E-state index contributed by atoms with van der Waals surface area (Å²) in [5, 5.41) is 22.3. The van der Waals surface area contributed by atoms with Gasteiger partial charge in [0.1, 0.15) is 11.5 Å². The molecule has 0 radical (unpaired) electrons. The number of phenols is 1. The minimum Gasteiger partial charge on any atom is -0.507 e. The lowest BCUT2D eigenvalue weighted by Gasteiger charge is -2.06. The highest BCUT2D eigenvalue weighted by atomic mass is 16.6. The number of nitro groups is 1. The van der Waals surface area contributed by atoms with Crippen LogP contribution in [0.3, 0.4) is 0 Å². The van der Waals surface area contributed by atoms with E-state index in [4.69, 9.17) is 4.74 Å². The van der Waals surface area contributed by atoms with Gasteiger partial charge in [-0.1, -0.05) is 36.4 Å². The number of ether oxygens (including phenoxy) is 1. The minimum atomic E-state index is -0.564. The van der Waals surface area contributed by atoms with Crippen molar-refractivity contribution < 1.29 is 19.6 Å². The Hall–Kier alpha value is -3.67. The number of benzene rings is 3. The van der Waals surface area contributed by atoms with E-state index in [2.05, 4.69) is 0 Å². The highest BCUT2D eigenvalue weighted by Gasteiger charge is 2.21. The molecule has 0 atom stereocenters. The second-order valence-electron chi connectivity index (χ2n) is 5.57. The summed E-state index contributed by atoms with van der Waals surface area (Å²) in [6, 6.07) is 14.5. The maximum absolute atomic E-state index is 12.5. The van der Waals surface area contributed by atoms with Crippen LogP contribution in [0.4, 0.5) is 5.69 Å². The van der Waals surface area contributed by atoms with Gasteiger partial charge < -0.3 is 9.84 Å². The first kappa shape index (κ1) is 17.2. The van der Waals surface area contributed by atoms with Gasteiger partial charge in [0.15, 0.2) is 5.78 Å². The van der Waals surface area contributed by atoms with Gasteiger partial charge in [-0.15, -0.1) is 0 Å². The number of allylic oxidation sites excluding steroid dienone is 1. The molecule has 130 valence electrons. The molecule has 0 aliphatic carbocycles. The average Bonchev–Trinajstić information content (AvgIpc) is 2.66. The maximum atomic E-state index is 12.5. The lowest BCUT2D eigenvalue weighted by molar-refractivity contribution is -0.383. The van der Waals surface area contributed by atoms with Gasteiger partial charge in [-0.3, -0.25) is 14.9 Å². The number of phenolic OH excluding ortho intramolecular Hbond substituents is 1. The molecule has 1 N–H and O–H groups in total. The van der Waals surface area contributed by atoms with Crippen LogP contribution in [0.5, 0.6) is 11.5 Å². The van der Waals surface area contributed by atoms with E-state index in [-0.39, 0.29) is 27.8 Å². The number of aromatic hydroxyl groups is 1. The molecule has 0 saturated heterocycles. The molecule has 0 saturated carbocycles. The predicted molar refractivity (Wildman–Crippen MR) is 98.6 cm³/mol. The molecule has 0 heterocycles. The molecule has 3 aromatic rings. The zero-order chi connectivity index (χ0) is 18.7. The number of fused-ring (bicyclic) bond motifs is 1. The Morgan fingerprint density at radius 3 is 2.38 bits per heavy atom. The fraction of sp³-hybridized carbons (Fsp3) is 0.0500. The molecule has 6 nitrogen and oxygen atoms in total. The number of rotatable bonds is 5. The average molecular weight is 349 g/mol. The van der Waals surface area contributed by atoms with Crippen LogP contribution in [0, 0.1) is 10.1 Å². The van der Waals surface area contributed by atoms with Gasteiger partial charge in [0.25, 0.3) is 5.69 Å². The summed E-state index contributed by atoms with van der Waals surface area (Å²) in [6.07, 6.45) is 2.84. The van der Waals surface area contributed by atoms with Crippen LogP contribution in [0.1, 0.15) is 15.9 Å². The minimum absolute atomic E-state index is 0.111. The zero-order valence-corrected chi connectivity index (χ0v) is 13.9. The number of hydrogen-bond donors (Lipinski definition) is 1. The van der Waals surface area contributed by atoms with Gasteiger partial charge in [0, 0.05) is 11.5 Å². The first-order valence-corrected chi connectivity index (χ1v) is 7.77. The molecule has 0 spiro atoms. The second kappa shape index (κ2) is 7.06. The van der Waals surface area contributed by atoms with Crippen molar-refractivity contribution in [1.82, 2.24) is 0 Å². The smallest absolute Gasteiger partial charge is 0.278 e. The van der Waals surface area contributed by atoms with E-state index < -0.39 is 10.7 Å². The second-order valence-corrected chi connectivity index (χ2v) is 5.57. The summed E-state index contributed by atoms with van der Waals surface area (Å²) in [5.74, 6) is -0.0981. The van der Waals surface area contributed by atoms with Gasteiger partial charge in [-0.2, -0.15) is 0 Å². The summed E-state index contributed by atoms with van der Waals surface area (Å²) >= 11 is 0. The topological polar surface area (TPSA) is 89.7 Å². The number of hydrogen-bond acceptors (Lipinski definition) is 5. The Bertz CT molecular complexity index is 1020. The molecule has 0 bridgehead atoms. The van der Waals surface area contributed by atoms with Crippen LogP contribution in [-0.4, -0.2) is 22.9 Å². The van der Waals surface area contributed by atoms with E-state index in [0.29, 0.717) is 5.75 Å². The van der Waals surface area contributed by atoms with Crippen molar-refractivity contribution in [2.75, 3.05) is 7.11 Å². The number of carbonyl (C=O) groups excluding carboxylic acids is 1. The number of carbonyl (C=O) groups is 1. The van der Waals surface area contributed by atoms with Gasteiger partial charge in [0.2, 0.25) is 0 Å². The molecule has 6 heteroatoms. The molecule has 0 aliphatic rings. The molecular formula is C20H15NO5. The summed E-state index contributed by atoms with van der Waals surface area (Å²) in [5.41, 5.74) is 0.425. The van der Waals surface area contributed by atoms with Gasteiger partial charge in [-0.05, 0) is 29.8 Å². The van der Waals surface area contributed by atoms with Crippen LogP contribution in [0.15, 0.2) is 60.7 Å². The third-order valence-corrected chi connectivity index (χ3v) is 4.00. The number of ketones is 1. The van der Waals surface area contributed by atoms with Crippen molar-refractivity contribution in [3.8, 4) is 11.5 Å². The standard InChI is InChI=1S/C20H15NO5/c1-26-14-9-6-13(7-10-14)8-11-19(22)17-12-18(21(24)25)15-4-2-3-5-16(15)20(17)23/h2-12,23H,1H3/b11-8+. The number of nitrogens with zero attached hydrogens (tertiary/aromatic N) is 1. The van der Waals surface area contributed by atoms with E-state index in [1.165, 1.54) is 12.1 Å². The Labute approximate surface area is 149 Å². The predicted octanol–water partition coefficient (Wildman–Crippen LogP) is 4.36. The van der Waals surface area contributed by atoms with Crippen molar-refractivity contribution >= 4 is 28.3 Å². The van der Waals surface area contributed by atoms with E-state index in [9.17, 15) is 20.0 Å². The molecule has 0 amide bonds. The molecule has 0 aromatic heterocycles. The Balaban J connectivity index is 2.01. The Kier molecular flexibility index (Phi) is 4.66. The quantitative estimate of drug-likeness (QED) is 0.320. The molecule has 3 rings (SSSR count). The molecule has 0 fully saturated rings. The lowest BCUT2D eigenvalue weighted by Crippen LogP contribution is -1.99. The Morgan fingerprint density at radius 1 is 1.12 bits per heavy atom. The van der Waals surface area contributed by atoms with Crippen molar-refractivity contribution in [2.45, 2.75) is 0 Å². The van der Waals surface area contributed by atoms with E-state index >= 15 is 0 Å². The monoisotopic (exact) mass is 349 g/mol. The van der Waals surface area contributed by atoms with Crippen LogP contribution in [-0.2, 0) is 0 Å². The summed E-state index contributed by atoms with van der Waals surface area (Å²) in [7, 11) is 1.56. The van der Waals surface area contributed by atoms with Crippen LogP contribution in [0.25, 0.3) is 16.8 Å². The van der Waals surface area contributed by atoms with E-state index in [1.807, 2.05) is 0 Å². The van der Waals surface area contributed by atoms with Crippen molar-refractivity contribution in [3.63, 3.8) is 0 Å². The SMILES string of the molecule is COc1ccc(/C=C/C(=O)c2cc([N+](=O)[O-])c3ccccc3c2O)cc1. The first-order chi connectivity index (χ1) is 12.5. The lowest BCUT2D eigenvalue weighted by atomic mass is 10.00. The normalized spacial score (nSPS) is 11.0. The summed E-state index contributed by atoms with van der Waals surface area (Å²) in [6.45, 7) is 0. The fourth-order valence-corrected chi connectivity index (χ4v) is 2.66. The fourth-order valence-electron chi connectivity index (χ4n) is 2.66. The van der Waals surface area contributed by atoms with Crippen molar-refractivity contribution in [1.29, 1.82) is 0 Å². The number of non-ortho nitro benzene ring substituents is 1. The summed E-state index contributed by atoms with van der Waals surface area (Å²) < 4.78 is 5.07.